The molecular weight excluding hydrogens is 126 g/mol. The van der Waals surface area contributed by atoms with Crippen LogP contribution in [0.3, 0.4) is 0 Å². The highest BCUT2D eigenvalue weighted by Gasteiger charge is 1.88. The molecule has 0 fully saturated rings. The number of methoxy groups -OCH3 is 1. The molecule has 0 spiro atoms. The SMILES string of the molecule is C.COc1ccc([NH3+])cc1. The zero-order chi connectivity index (χ0) is 6.69. The highest BCUT2D eigenvalue weighted by molar-refractivity contribution is 5.34. The van der Waals surface area contributed by atoms with Crippen LogP contribution in [0.25, 0.3) is 0 Å². The molecule has 3 N–H and O–H groups in total. The van der Waals surface area contributed by atoms with E-state index in [-0.39, 0.29) is 7.43 Å². The van der Waals surface area contributed by atoms with Crippen molar-refractivity contribution in [3.05, 3.63) is 24.3 Å². The molecule has 0 aliphatic heterocycles. The molecule has 0 atom stereocenters. The van der Waals surface area contributed by atoms with Crippen LogP contribution in [0.15, 0.2) is 24.3 Å². The van der Waals surface area contributed by atoms with Gasteiger partial charge in [0.1, 0.15) is 11.4 Å². The van der Waals surface area contributed by atoms with E-state index in [1.807, 2.05) is 24.3 Å². The predicted molar refractivity (Wildman–Crippen MR) is 42.3 cm³/mol. The van der Waals surface area contributed by atoms with Crippen molar-refractivity contribution in [3.63, 3.8) is 0 Å². The summed E-state index contributed by atoms with van der Waals surface area (Å²) in [6.07, 6.45) is 0. The van der Waals surface area contributed by atoms with Crippen LogP contribution in [0.1, 0.15) is 7.43 Å². The fourth-order valence-corrected chi connectivity index (χ4v) is 0.626. The van der Waals surface area contributed by atoms with Crippen LogP contribution < -0.4 is 10.5 Å². The average Bonchev–Trinajstić information content (AvgIpc) is 1.90. The zero-order valence-corrected chi connectivity index (χ0v) is 5.42. The topological polar surface area (TPSA) is 36.9 Å². The summed E-state index contributed by atoms with van der Waals surface area (Å²) < 4.78 is 4.94. The first-order valence-corrected chi connectivity index (χ1v) is 2.79. The molecule has 1 aromatic carbocycles. The van der Waals surface area contributed by atoms with E-state index >= 15 is 0 Å². The number of quaternary nitrogens is 1. The number of hydrogen-bond donors (Lipinski definition) is 1. The normalized spacial score (nSPS) is 8.20. The maximum Gasteiger partial charge on any atom is 0.128 e. The van der Waals surface area contributed by atoms with Gasteiger partial charge in [-0.15, -0.1) is 0 Å². The minimum absolute atomic E-state index is 0. The third kappa shape index (κ3) is 2.07. The van der Waals surface area contributed by atoms with Gasteiger partial charge in [0.15, 0.2) is 0 Å². The number of rotatable bonds is 1. The molecule has 2 nitrogen and oxygen atoms in total. The molecule has 56 valence electrons. The third-order valence-electron chi connectivity index (χ3n) is 1.16. The van der Waals surface area contributed by atoms with Crippen molar-refractivity contribution in [2.75, 3.05) is 7.11 Å². The molecule has 0 aromatic heterocycles. The Kier molecular flexibility index (Phi) is 3.51. The van der Waals surface area contributed by atoms with E-state index in [0.29, 0.717) is 0 Å². The fraction of sp³-hybridized carbons (Fsp3) is 0.250. The minimum Gasteiger partial charge on any atom is -0.497 e. The smallest absolute Gasteiger partial charge is 0.128 e. The Morgan fingerprint density at radius 1 is 1.20 bits per heavy atom. The molecule has 10 heavy (non-hydrogen) atoms. The first kappa shape index (κ1) is 8.98. The van der Waals surface area contributed by atoms with Crippen LogP contribution in [0.4, 0.5) is 5.69 Å². The summed E-state index contributed by atoms with van der Waals surface area (Å²) in [5, 5.41) is 0. The Hall–Kier alpha value is -1.02. The number of benzene rings is 1. The Balaban J connectivity index is 0.000000810. The van der Waals surface area contributed by atoms with Gasteiger partial charge in [-0.3, -0.25) is 0 Å². The fourth-order valence-electron chi connectivity index (χ4n) is 0.626. The monoisotopic (exact) mass is 140 g/mol. The minimum atomic E-state index is 0. The van der Waals surface area contributed by atoms with Crippen LogP contribution in [-0.4, -0.2) is 7.11 Å². The van der Waals surface area contributed by atoms with Gasteiger partial charge >= 0.3 is 0 Å². The number of hydrogen-bond acceptors (Lipinski definition) is 1. The Morgan fingerprint density at radius 3 is 2.10 bits per heavy atom. The molecule has 0 amide bonds. The summed E-state index contributed by atoms with van der Waals surface area (Å²) in [6, 6.07) is 7.61. The average molecular weight is 140 g/mol. The van der Waals surface area contributed by atoms with Crippen molar-refractivity contribution < 1.29 is 10.5 Å². The lowest BCUT2D eigenvalue weighted by atomic mass is 10.3. The molecule has 0 aliphatic rings. The molecule has 2 heteroatoms. The van der Waals surface area contributed by atoms with Crippen molar-refractivity contribution in [2.45, 2.75) is 7.43 Å². The largest absolute Gasteiger partial charge is 0.497 e. The summed E-state index contributed by atoms with van der Waals surface area (Å²) in [7, 11) is 1.65. The van der Waals surface area contributed by atoms with E-state index in [1.165, 1.54) is 0 Å². The van der Waals surface area contributed by atoms with Crippen LogP contribution in [0.2, 0.25) is 0 Å². The first-order chi connectivity index (χ1) is 4.33. The molecule has 0 heterocycles. The van der Waals surface area contributed by atoms with Gasteiger partial charge in [0.2, 0.25) is 0 Å². The van der Waals surface area contributed by atoms with Crippen LogP contribution in [0, 0.1) is 0 Å². The quantitative estimate of drug-likeness (QED) is 0.625. The van der Waals surface area contributed by atoms with Crippen molar-refractivity contribution in [2.24, 2.45) is 0 Å². The van der Waals surface area contributed by atoms with Crippen molar-refractivity contribution in [1.82, 2.24) is 0 Å². The summed E-state index contributed by atoms with van der Waals surface area (Å²) in [4.78, 5) is 0. The molecule has 0 saturated heterocycles. The predicted octanol–water partition coefficient (Wildman–Crippen LogP) is 1.20. The van der Waals surface area contributed by atoms with Gasteiger partial charge in [-0.25, -0.2) is 0 Å². The standard InChI is InChI=1S/C7H9NO.CH4/c1-9-7-4-2-6(8)3-5-7;/h2-5H,8H2,1H3;1H4/p+1. The van der Waals surface area contributed by atoms with Gasteiger partial charge in [-0.2, -0.15) is 0 Å². The molecule has 0 bridgehead atoms. The van der Waals surface area contributed by atoms with Crippen LogP contribution in [-0.2, 0) is 0 Å². The second-order valence-corrected chi connectivity index (χ2v) is 1.85. The van der Waals surface area contributed by atoms with Gasteiger partial charge in [0.25, 0.3) is 0 Å². The van der Waals surface area contributed by atoms with Crippen LogP contribution in [0.5, 0.6) is 5.75 Å². The maximum atomic E-state index is 4.94. The Bertz CT molecular complexity index is 181. The van der Waals surface area contributed by atoms with Gasteiger partial charge < -0.3 is 10.5 Å². The second kappa shape index (κ2) is 3.90. The van der Waals surface area contributed by atoms with Crippen molar-refractivity contribution in [1.29, 1.82) is 0 Å². The lowest BCUT2D eigenvalue weighted by Crippen LogP contribution is -2.39. The summed E-state index contributed by atoms with van der Waals surface area (Å²) in [5.74, 6) is 0.877. The highest BCUT2D eigenvalue weighted by Crippen LogP contribution is 2.10. The second-order valence-electron chi connectivity index (χ2n) is 1.85. The van der Waals surface area contributed by atoms with Crippen molar-refractivity contribution >= 4 is 5.69 Å². The van der Waals surface area contributed by atoms with E-state index in [9.17, 15) is 0 Å². The first-order valence-electron chi connectivity index (χ1n) is 2.79. The van der Waals surface area contributed by atoms with Gasteiger partial charge in [-0.1, -0.05) is 7.43 Å². The molecule has 0 saturated carbocycles. The van der Waals surface area contributed by atoms with E-state index < -0.39 is 0 Å². The molecule has 0 radical (unpaired) electrons. The van der Waals surface area contributed by atoms with Crippen molar-refractivity contribution in [3.8, 4) is 5.75 Å². The maximum absolute atomic E-state index is 4.94. The van der Waals surface area contributed by atoms with E-state index in [2.05, 4.69) is 5.73 Å². The lowest BCUT2D eigenvalue weighted by molar-refractivity contribution is -0.254. The molecule has 0 unspecified atom stereocenters. The van der Waals surface area contributed by atoms with E-state index in [0.717, 1.165) is 11.4 Å². The Labute approximate surface area is 61.6 Å². The van der Waals surface area contributed by atoms with Crippen LogP contribution >= 0.6 is 0 Å². The molecule has 1 rings (SSSR count). The van der Waals surface area contributed by atoms with Gasteiger partial charge in [0, 0.05) is 12.1 Å². The third-order valence-corrected chi connectivity index (χ3v) is 1.16. The van der Waals surface area contributed by atoms with Gasteiger partial charge in [0.05, 0.1) is 7.11 Å². The lowest BCUT2D eigenvalue weighted by Gasteiger charge is -1.95. The Morgan fingerprint density at radius 2 is 1.70 bits per heavy atom. The zero-order valence-electron chi connectivity index (χ0n) is 5.42. The summed E-state index contributed by atoms with van der Waals surface area (Å²) >= 11 is 0. The van der Waals surface area contributed by atoms with E-state index in [1.54, 1.807) is 7.11 Å². The highest BCUT2D eigenvalue weighted by atomic mass is 16.5. The summed E-state index contributed by atoms with van der Waals surface area (Å²) in [5.41, 5.74) is 4.75. The summed E-state index contributed by atoms with van der Waals surface area (Å²) in [6.45, 7) is 0. The number of ether oxygens (including phenoxy) is 1. The van der Waals surface area contributed by atoms with Gasteiger partial charge in [-0.05, 0) is 12.1 Å². The van der Waals surface area contributed by atoms with E-state index in [4.69, 9.17) is 4.74 Å². The molecular formula is C8H14NO+. The molecule has 1 aromatic rings. The molecule has 0 aliphatic carbocycles.